The van der Waals surface area contributed by atoms with Crippen molar-refractivity contribution in [2.45, 2.75) is 44.6 Å². The van der Waals surface area contributed by atoms with Crippen molar-refractivity contribution in [3.05, 3.63) is 45.4 Å². The molecule has 1 aromatic carbocycles. The molecule has 19 heavy (non-hydrogen) atoms. The van der Waals surface area contributed by atoms with Gasteiger partial charge in [0.15, 0.2) is 0 Å². The lowest BCUT2D eigenvalue weighted by Crippen LogP contribution is -2.14. The fraction of sp³-hybridized carbons (Fsp3) is 0.467. The van der Waals surface area contributed by atoms with Crippen LogP contribution in [0.3, 0.4) is 0 Å². The zero-order valence-corrected chi connectivity index (χ0v) is 12.0. The molecule has 0 bridgehead atoms. The Balaban J connectivity index is 1.69. The van der Waals surface area contributed by atoms with E-state index in [0.29, 0.717) is 12.0 Å². The zero-order valence-electron chi connectivity index (χ0n) is 11.2. The molecule has 0 saturated heterocycles. The minimum atomic E-state index is 0.356. The first-order valence-electron chi connectivity index (χ1n) is 6.84. The van der Waals surface area contributed by atoms with Crippen molar-refractivity contribution < 1.29 is 0 Å². The lowest BCUT2D eigenvalue weighted by atomic mass is 10.1. The first-order valence-corrected chi connectivity index (χ1v) is 7.66. The molecule has 2 aromatic rings. The van der Waals surface area contributed by atoms with Gasteiger partial charge in [0, 0.05) is 18.4 Å². The number of hydrogen-bond donors (Lipinski definition) is 1. The molecule has 0 amide bonds. The van der Waals surface area contributed by atoms with Crippen LogP contribution in [0.2, 0.25) is 0 Å². The van der Waals surface area contributed by atoms with Gasteiger partial charge in [0.25, 0.3) is 0 Å². The average molecular weight is 273 g/mol. The van der Waals surface area contributed by atoms with Crippen LogP contribution in [-0.4, -0.2) is 16.2 Å². The van der Waals surface area contributed by atoms with Gasteiger partial charge in [-0.3, -0.25) is 0 Å². The minimum Gasteiger partial charge on any atom is -0.328 e. The second-order valence-corrected chi connectivity index (χ2v) is 6.56. The van der Waals surface area contributed by atoms with E-state index in [1.165, 1.54) is 22.6 Å². The Hall–Kier alpha value is -1.26. The molecule has 1 aromatic heterocycles. The third kappa shape index (κ3) is 3.01. The maximum Gasteiger partial charge on any atom is 0.121 e. The molecule has 0 radical (unpaired) electrons. The molecule has 1 saturated carbocycles. The molecule has 3 nitrogen and oxygen atoms in total. The van der Waals surface area contributed by atoms with Crippen LogP contribution in [0.5, 0.6) is 0 Å². The molecule has 0 aliphatic heterocycles. The summed E-state index contributed by atoms with van der Waals surface area (Å²) in [5.41, 5.74) is 8.56. The van der Waals surface area contributed by atoms with E-state index in [0.717, 1.165) is 24.3 Å². The summed E-state index contributed by atoms with van der Waals surface area (Å²) in [5, 5.41) is 11.0. The predicted molar refractivity (Wildman–Crippen MR) is 78.5 cm³/mol. The van der Waals surface area contributed by atoms with E-state index in [4.69, 9.17) is 5.73 Å². The summed E-state index contributed by atoms with van der Waals surface area (Å²) in [4.78, 5) is 0. The molecule has 2 atom stereocenters. The summed E-state index contributed by atoms with van der Waals surface area (Å²) in [6.45, 7) is 2.11. The molecule has 4 heteroatoms. The van der Waals surface area contributed by atoms with Gasteiger partial charge in [-0.15, -0.1) is 21.5 Å². The number of nitrogens with zero attached hydrogens (tertiary/aromatic N) is 2. The van der Waals surface area contributed by atoms with Crippen molar-refractivity contribution in [1.82, 2.24) is 10.2 Å². The Bertz CT molecular complexity index is 547. The minimum absolute atomic E-state index is 0.356. The highest BCUT2D eigenvalue weighted by atomic mass is 32.1. The van der Waals surface area contributed by atoms with Gasteiger partial charge >= 0.3 is 0 Å². The summed E-state index contributed by atoms with van der Waals surface area (Å²) in [5.74, 6) is 0.541. The van der Waals surface area contributed by atoms with E-state index >= 15 is 0 Å². The van der Waals surface area contributed by atoms with E-state index in [-0.39, 0.29) is 0 Å². The van der Waals surface area contributed by atoms with Crippen LogP contribution in [0, 0.1) is 6.92 Å². The van der Waals surface area contributed by atoms with Crippen molar-refractivity contribution in [2.24, 2.45) is 5.73 Å². The van der Waals surface area contributed by atoms with Gasteiger partial charge in [0.2, 0.25) is 0 Å². The topological polar surface area (TPSA) is 51.8 Å². The van der Waals surface area contributed by atoms with Gasteiger partial charge in [-0.05, 0) is 31.7 Å². The van der Waals surface area contributed by atoms with Crippen LogP contribution in [0.15, 0.2) is 24.3 Å². The molecule has 100 valence electrons. The second-order valence-electron chi connectivity index (χ2n) is 5.47. The molecule has 1 aliphatic carbocycles. The monoisotopic (exact) mass is 273 g/mol. The van der Waals surface area contributed by atoms with Gasteiger partial charge in [-0.25, -0.2) is 0 Å². The number of aryl methyl sites for hydroxylation is 1. The van der Waals surface area contributed by atoms with Crippen LogP contribution in [0.1, 0.15) is 46.3 Å². The molecule has 2 unspecified atom stereocenters. The normalized spacial score (nSPS) is 22.8. The quantitative estimate of drug-likeness (QED) is 0.935. The highest BCUT2D eigenvalue weighted by Gasteiger charge is 2.26. The van der Waals surface area contributed by atoms with Crippen molar-refractivity contribution in [3.8, 4) is 0 Å². The third-order valence-corrected chi connectivity index (χ3v) is 4.87. The molecule has 1 aliphatic rings. The Morgan fingerprint density at radius 1 is 1.21 bits per heavy atom. The highest BCUT2D eigenvalue weighted by Crippen LogP contribution is 2.35. The molecule has 3 rings (SSSR count). The number of hydrogen-bond acceptors (Lipinski definition) is 4. The van der Waals surface area contributed by atoms with Crippen molar-refractivity contribution >= 4 is 11.3 Å². The Morgan fingerprint density at radius 3 is 2.68 bits per heavy atom. The lowest BCUT2D eigenvalue weighted by Gasteiger charge is -2.02. The van der Waals surface area contributed by atoms with Crippen LogP contribution in [-0.2, 0) is 6.42 Å². The molecule has 1 heterocycles. The number of benzene rings is 1. The van der Waals surface area contributed by atoms with E-state index in [1.807, 2.05) is 0 Å². The molecule has 1 fully saturated rings. The lowest BCUT2D eigenvalue weighted by molar-refractivity contribution is 0.666. The van der Waals surface area contributed by atoms with Crippen LogP contribution >= 0.6 is 11.3 Å². The first-order chi connectivity index (χ1) is 9.20. The average Bonchev–Trinajstić information content (AvgIpc) is 3.01. The predicted octanol–water partition coefficient (Wildman–Crippen LogP) is 3.03. The zero-order chi connectivity index (χ0) is 13.2. The first kappa shape index (κ1) is 12.8. The van der Waals surface area contributed by atoms with Crippen LogP contribution in [0.25, 0.3) is 0 Å². The summed E-state index contributed by atoms with van der Waals surface area (Å²) >= 11 is 1.75. The summed E-state index contributed by atoms with van der Waals surface area (Å²) in [6, 6.07) is 8.99. The van der Waals surface area contributed by atoms with Crippen molar-refractivity contribution in [2.75, 3.05) is 0 Å². The van der Waals surface area contributed by atoms with Gasteiger partial charge in [-0.2, -0.15) is 0 Å². The third-order valence-electron chi connectivity index (χ3n) is 3.78. The highest BCUT2D eigenvalue weighted by molar-refractivity contribution is 7.11. The van der Waals surface area contributed by atoms with E-state index in [2.05, 4.69) is 41.4 Å². The standard InChI is InChI=1S/C15H19N3S/c1-10-2-4-11(5-3-10)8-14-17-18-15(19-14)12-6-7-13(16)9-12/h2-5,12-13H,6-9,16H2,1H3. The number of aromatic nitrogens is 2. The van der Waals surface area contributed by atoms with Crippen LogP contribution < -0.4 is 5.73 Å². The Morgan fingerprint density at radius 2 is 2.00 bits per heavy atom. The second kappa shape index (κ2) is 5.39. The maximum absolute atomic E-state index is 5.96. The van der Waals surface area contributed by atoms with E-state index in [9.17, 15) is 0 Å². The largest absolute Gasteiger partial charge is 0.328 e. The number of rotatable bonds is 3. The fourth-order valence-corrected chi connectivity index (χ4v) is 3.65. The van der Waals surface area contributed by atoms with Gasteiger partial charge < -0.3 is 5.73 Å². The summed E-state index contributed by atoms with van der Waals surface area (Å²) in [6.07, 6.45) is 4.24. The summed E-state index contributed by atoms with van der Waals surface area (Å²) < 4.78 is 0. The molecule has 2 N–H and O–H groups in total. The van der Waals surface area contributed by atoms with E-state index in [1.54, 1.807) is 11.3 Å². The molecule has 0 spiro atoms. The van der Waals surface area contributed by atoms with Crippen molar-refractivity contribution in [3.63, 3.8) is 0 Å². The van der Waals surface area contributed by atoms with Gasteiger partial charge in [0.1, 0.15) is 10.0 Å². The summed E-state index contributed by atoms with van der Waals surface area (Å²) in [7, 11) is 0. The van der Waals surface area contributed by atoms with Gasteiger partial charge in [-0.1, -0.05) is 29.8 Å². The molecular weight excluding hydrogens is 254 g/mol. The Kier molecular flexibility index (Phi) is 3.62. The number of nitrogens with two attached hydrogens (primary N) is 1. The smallest absolute Gasteiger partial charge is 0.121 e. The fourth-order valence-electron chi connectivity index (χ4n) is 2.62. The van der Waals surface area contributed by atoms with Crippen LogP contribution in [0.4, 0.5) is 0 Å². The molecular formula is C15H19N3S. The van der Waals surface area contributed by atoms with E-state index < -0.39 is 0 Å². The van der Waals surface area contributed by atoms with Crippen molar-refractivity contribution in [1.29, 1.82) is 0 Å². The maximum atomic E-state index is 5.96. The Labute approximate surface area is 117 Å². The SMILES string of the molecule is Cc1ccc(Cc2nnc(C3CCC(N)C3)s2)cc1. The van der Waals surface area contributed by atoms with Gasteiger partial charge in [0.05, 0.1) is 0 Å².